The monoisotopic (exact) mass is 299 g/mol. The molecule has 20 heavy (non-hydrogen) atoms. The maximum Gasteiger partial charge on any atom is 0.246 e. The Hall–Kier alpha value is -1.94. The number of rotatable bonds is 5. The van der Waals surface area contributed by atoms with E-state index in [-0.39, 0.29) is 17.3 Å². The summed E-state index contributed by atoms with van der Waals surface area (Å²) in [4.78, 5) is 0.0259. The Labute approximate surface area is 116 Å². The van der Waals surface area contributed by atoms with Crippen molar-refractivity contribution in [2.45, 2.75) is 18.2 Å². The molecule has 9 nitrogen and oxygen atoms in total. The molecule has 0 atom stereocenters. The summed E-state index contributed by atoms with van der Waals surface area (Å²) in [5.41, 5.74) is 6.14. The lowest BCUT2D eigenvalue weighted by Crippen LogP contribution is -2.27. The predicted octanol–water partition coefficient (Wildman–Crippen LogP) is -1.04. The Kier molecular flexibility index (Phi) is 3.77. The first-order chi connectivity index (χ1) is 9.33. The number of aryl methyl sites for hydroxylation is 2. The number of aromatic nitrogens is 5. The minimum atomic E-state index is -3.68. The van der Waals surface area contributed by atoms with Crippen molar-refractivity contribution in [2.24, 2.45) is 14.1 Å². The van der Waals surface area contributed by atoms with Crippen molar-refractivity contribution in [3.63, 3.8) is 0 Å². The molecule has 10 heteroatoms. The number of hydrogen-bond donors (Lipinski definition) is 2. The first kappa shape index (κ1) is 14.5. The van der Waals surface area contributed by atoms with Crippen LogP contribution in [0.4, 0.5) is 5.82 Å². The van der Waals surface area contributed by atoms with Gasteiger partial charge in [0.05, 0.1) is 5.69 Å². The molecule has 2 aromatic rings. The summed E-state index contributed by atoms with van der Waals surface area (Å²) >= 11 is 0. The van der Waals surface area contributed by atoms with Crippen LogP contribution < -0.4 is 10.5 Å². The molecule has 0 bridgehead atoms. The van der Waals surface area contributed by atoms with Crippen LogP contribution in [0.5, 0.6) is 0 Å². The van der Waals surface area contributed by atoms with Gasteiger partial charge in [-0.1, -0.05) is 0 Å². The summed E-state index contributed by atoms with van der Waals surface area (Å²) in [6.07, 6.45) is 2.00. The Bertz CT molecular complexity index is 716. The van der Waals surface area contributed by atoms with Gasteiger partial charge in [-0.15, -0.1) is 10.2 Å². The van der Waals surface area contributed by atoms with Crippen LogP contribution >= 0.6 is 0 Å². The minimum absolute atomic E-state index is 0.00356. The average molecular weight is 299 g/mol. The molecule has 0 unspecified atom stereocenters. The van der Waals surface area contributed by atoms with Gasteiger partial charge in [0, 0.05) is 27.1 Å². The molecule has 2 aromatic heterocycles. The van der Waals surface area contributed by atoms with Crippen molar-refractivity contribution in [3.05, 3.63) is 17.8 Å². The van der Waals surface area contributed by atoms with E-state index >= 15 is 0 Å². The van der Waals surface area contributed by atoms with Gasteiger partial charge in [0.1, 0.15) is 17.0 Å². The fourth-order valence-electron chi connectivity index (χ4n) is 1.85. The minimum Gasteiger partial charge on any atom is -0.381 e. The topological polar surface area (TPSA) is 121 Å². The van der Waals surface area contributed by atoms with Crippen LogP contribution in [0.3, 0.4) is 0 Å². The largest absolute Gasteiger partial charge is 0.381 e. The first-order valence-corrected chi connectivity index (χ1v) is 7.43. The smallest absolute Gasteiger partial charge is 0.246 e. The zero-order chi connectivity index (χ0) is 14.9. The SMILES string of the molecule is Cc1c(S(=O)(=O)NCCc2nncn2C)c(N)nn1C. The second kappa shape index (κ2) is 5.21. The van der Waals surface area contributed by atoms with Crippen LogP contribution in [0.1, 0.15) is 11.5 Å². The third-order valence-electron chi connectivity index (χ3n) is 3.02. The molecule has 0 spiro atoms. The quantitative estimate of drug-likeness (QED) is 0.727. The van der Waals surface area contributed by atoms with Gasteiger partial charge < -0.3 is 10.3 Å². The van der Waals surface area contributed by atoms with Gasteiger partial charge in [-0.3, -0.25) is 4.68 Å². The van der Waals surface area contributed by atoms with Crippen molar-refractivity contribution in [2.75, 3.05) is 12.3 Å². The van der Waals surface area contributed by atoms with Gasteiger partial charge >= 0.3 is 0 Å². The normalized spacial score (nSPS) is 11.9. The molecule has 0 fully saturated rings. The summed E-state index contributed by atoms with van der Waals surface area (Å²) in [7, 11) is -0.241. The summed E-state index contributed by atoms with van der Waals surface area (Å²) in [6, 6.07) is 0. The highest BCUT2D eigenvalue weighted by atomic mass is 32.2. The molecule has 0 aliphatic heterocycles. The molecular formula is C10H17N7O2S. The molecule has 0 aliphatic rings. The number of anilines is 1. The van der Waals surface area contributed by atoms with Gasteiger partial charge in [-0.2, -0.15) is 5.10 Å². The Morgan fingerprint density at radius 2 is 2.10 bits per heavy atom. The fourth-order valence-corrected chi connectivity index (χ4v) is 3.20. The van der Waals surface area contributed by atoms with E-state index in [4.69, 9.17) is 5.73 Å². The second-order valence-electron chi connectivity index (χ2n) is 4.43. The maximum atomic E-state index is 12.2. The Balaban J connectivity index is 2.10. The predicted molar refractivity (Wildman–Crippen MR) is 72.3 cm³/mol. The number of nitrogens with two attached hydrogens (primary N) is 1. The summed E-state index contributed by atoms with van der Waals surface area (Å²) in [5.74, 6) is 0.694. The van der Waals surface area contributed by atoms with E-state index in [9.17, 15) is 8.42 Å². The fraction of sp³-hybridized carbons (Fsp3) is 0.500. The van der Waals surface area contributed by atoms with Crippen LogP contribution in [0, 0.1) is 6.92 Å². The van der Waals surface area contributed by atoms with E-state index in [1.165, 1.54) is 4.68 Å². The van der Waals surface area contributed by atoms with E-state index in [0.717, 1.165) is 0 Å². The molecule has 2 rings (SSSR count). The third kappa shape index (κ3) is 2.65. The van der Waals surface area contributed by atoms with Gasteiger partial charge in [0.15, 0.2) is 5.82 Å². The van der Waals surface area contributed by atoms with Crippen LogP contribution in [-0.2, 0) is 30.5 Å². The van der Waals surface area contributed by atoms with E-state index in [1.54, 1.807) is 31.9 Å². The highest BCUT2D eigenvalue weighted by Gasteiger charge is 2.24. The standard InChI is InChI=1S/C10H17N7O2S/c1-7-9(10(11)15-17(7)3)20(18,19)13-5-4-8-14-12-6-16(8)2/h6,13H,4-5H2,1-3H3,(H2,11,15). The van der Waals surface area contributed by atoms with Gasteiger partial charge in [0.25, 0.3) is 0 Å². The summed E-state index contributed by atoms with van der Waals surface area (Å²) in [5, 5.41) is 11.5. The van der Waals surface area contributed by atoms with Crippen molar-refractivity contribution < 1.29 is 8.42 Å². The second-order valence-corrected chi connectivity index (χ2v) is 6.13. The highest BCUT2D eigenvalue weighted by molar-refractivity contribution is 7.89. The number of sulfonamides is 1. The van der Waals surface area contributed by atoms with Gasteiger partial charge in [-0.05, 0) is 6.92 Å². The molecule has 0 saturated carbocycles. The van der Waals surface area contributed by atoms with Crippen LogP contribution in [0.25, 0.3) is 0 Å². The zero-order valence-corrected chi connectivity index (χ0v) is 12.3. The Morgan fingerprint density at radius 1 is 1.40 bits per heavy atom. The number of nitrogen functional groups attached to an aromatic ring is 1. The van der Waals surface area contributed by atoms with Crippen molar-refractivity contribution in [3.8, 4) is 0 Å². The highest BCUT2D eigenvalue weighted by Crippen LogP contribution is 2.20. The number of nitrogens with one attached hydrogen (secondary N) is 1. The molecule has 0 saturated heterocycles. The summed E-state index contributed by atoms with van der Waals surface area (Å²) < 4.78 is 30.1. The Morgan fingerprint density at radius 3 is 2.60 bits per heavy atom. The van der Waals surface area contributed by atoms with Gasteiger partial charge in [-0.25, -0.2) is 13.1 Å². The average Bonchev–Trinajstić information content (AvgIpc) is 2.84. The lowest BCUT2D eigenvalue weighted by Gasteiger charge is -2.06. The number of hydrogen-bond acceptors (Lipinski definition) is 6. The zero-order valence-electron chi connectivity index (χ0n) is 11.5. The first-order valence-electron chi connectivity index (χ1n) is 5.94. The third-order valence-corrected chi connectivity index (χ3v) is 4.65. The van der Waals surface area contributed by atoms with E-state index in [2.05, 4.69) is 20.0 Å². The van der Waals surface area contributed by atoms with Crippen molar-refractivity contribution >= 4 is 15.8 Å². The van der Waals surface area contributed by atoms with Crippen LogP contribution in [0.15, 0.2) is 11.2 Å². The number of nitrogens with zero attached hydrogens (tertiary/aromatic N) is 5. The van der Waals surface area contributed by atoms with Crippen molar-refractivity contribution in [1.82, 2.24) is 29.3 Å². The molecule has 110 valence electrons. The molecule has 2 heterocycles. The lowest BCUT2D eigenvalue weighted by atomic mass is 10.4. The molecule has 0 amide bonds. The molecule has 0 aromatic carbocycles. The molecule has 0 radical (unpaired) electrons. The lowest BCUT2D eigenvalue weighted by molar-refractivity contribution is 0.579. The van der Waals surface area contributed by atoms with E-state index < -0.39 is 10.0 Å². The summed E-state index contributed by atoms with van der Waals surface area (Å²) in [6.45, 7) is 1.86. The molecular weight excluding hydrogens is 282 g/mol. The van der Waals surface area contributed by atoms with Crippen LogP contribution in [0.2, 0.25) is 0 Å². The van der Waals surface area contributed by atoms with Crippen molar-refractivity contribution in [1.29, 1.82) is 0 Å². The van der Waals surface area contributed by atoms with Crippen LogP contribution in [-0.4, -0.2) is 39.5 Å². The molecule has 0 aliphatic carbocycles. The maximum absolute atomic E-state index is 12.2. The molecule has 3 N–H and O–H groups in total. The van der Waals surface area contributed by atoms with E-state index in [1.807, 2.05) is 0 Å². The van der Waals surface area contributed by atoms with Gasteiger partial charge in [0.2, 0.25) is 10.0 Å². The van der Waals surface area contributed by atoms with E-state index in [0.29, 0.717) is 17.9 Å².